The number of hydrogen-bond acceptors (Lipinski definition) is 9. The van der Waals surface area contributed by atoms with Gasteiger partial charge in [-0.25, -0.2) is 27.8 Å². The number of halogens is 1. The van der Waals surface area contributed by atoms with E-state index in [4.69, 9.17) is 11.2 Å². The first-order valence-corrected chi connectivity index (χ1v) is 13.1. The van der Waals surface area contributed by atoms with Crippen molar-refractivity contribution in [1.82, 2.24) is 15.0 Å². The number of nitrogens with one attached hydrogen (secondary N) is 1. The Bertz CT molecular complexity index is 1470. The first-order chi connectivity index (χ1) is 17.1. The van der Waals surface area contributed by atoms with Crippen molar-refractivity contribution in [1.29, 1.82) is 0 Å². The molecule has 0 saturated carbocycles. The molecule has 1 aliphatic heterocycles. The van der Waals surface area contributed by atoms with Crippen molar-refractivity contribution in [2.75, 3.05) is 34.4 Å². The minimum Gasteiger partial charge on any atom is -0.497 e. The first-order valence-electron chi connectivity index (χ1n) is 10.3. The van der Waals surface area contributed by atoms with Gasteiger partial charge in [-0.2, -0.15) is 0 Å². The summed E-state index contributed by atoms with van der Waals surface area (Å²) in [5, 5.41) is 1.75. The maximum Gasteiger partial charge on any atom is 0.278 e. The molecule has 1 unspecified atom stereocenters. The van der Waals surface area contributed by atoms with Crippen LogP contribution in [0, 0.1) is 18.2 Å². The van der Waals surface area contributed by atoms with Crippen molar-refractivity contribution in [2.45, 2.75) is 12.5 Å². The van der Waals surface area contributed by atoms with Crippen LogP contribution in [0.2, 0.25) is 0 Å². The van der Waals surface area contributed by atoms with Crippen LogP contribution in [0.25, 0.3) is 0 Å². The molecule has 1 saturated heterocycles. The van der Waals surface area contributed by atoms with E-state index < -0.39 is 33.7 Å². The fraction of sp³-hybridized carbons (Fsp3) is 0.227. The molecule has 11 nitrogen and oxygen atoms in total. The normalized spacial score (nSPS) is 15.4. The maximum atomic E-state index is 13.7. The monoisotopic (exact) mass is 530 g/mol. The van der Waals surface area contributed by atoms with Crippen molar-refractivity contribution in [3.05, 3.63) is 52.5 Å². The Morgan fingerprint density at radius 1 is 1.33 bits per heavy atom. The molecule has 14 heteroatoms. The van der Waals surface area contributed by atoms with E-state index in [2.05, 4.69) is 25.6 Å². The number of rotatable bonds is 7. The molecule has 1 aromatic carbocycles. The van der Waals surface area contributed by atoms with E-state index in [1.807, 2.05) is 0 Å². The third-order valence-electron chi connectivity index (χ3n) is 5.11. The van der Waals surface area contributed by atoms with Crippen LogP contribution in [0.4, 0.5) is 21.7 Å². The summed E-state index contributed by atoms with van der Waals surface area (Å²) in [4.78, 5) is 41.4. The number of amides is 2. The van der Waals surface area contributed by atoms with Gasteiger partial charge in [-0.15, -0.1) is 17.8 Å². The zero-order valence-corrected chi connectivity index (χ0v) is 20.6. The van der Waals surface area contributed by atoms with E-state index in [9.17, 15) is 22.4 Å². The molecule has 0 aliphatic carbocycles. The molecule has 1 aliphatic rings. The predicted molar refractivity (Wildman–Crippen MR) is 131 cm³/mol. The second kappa shape index (κ2) is 9.88. The number of sulfonamides is 1. The van der Waals surface area contributed by atoms with Gasteiger partial charge in [-0.1, -0.05) is 0 Å². The Labute approximate surface area is 210 Å². The molecule has 2 amide bonds. The second-order valence-corrected chi connectivity index (χ2v) is 10.3. The summed E-state index contributed by atoms with van der Waals surface area (Å²) >= 11 is 1.09. The van der Waals surface area contributed by atoms with Crippen LogP contribution in [-0.2, 0) is 14.8 Å². The first kappa shape index (κ1) is 25.0. The number of anilines is 3. The maximum absolute atomic E-state index is 13.7. The number of nitrogens with zero attached hydrogens (tertiary/aromatic N) is 5. The fourth-order valence-corrected chi connectivity index (χ4v) is 4.80. The quantitative estimate of drug-likeness (QED) is 0.458. The highest BCUT2D eigenvalue weighted by Crippen LogP contribution is 2.33. The Balaban J connectivity index is 1.79. The number of aromatic nitrogens is 3. The third-order valence-corrected chi connectivity index (χ3v) is 6.49. The van der Waals surface area contributed by atoms with Gasteiger partial charge < -0.3 is 4.74 Å². The van der Waals surface area contributed by atoms with Crippen molar-refractivity contribution in [3.8, 4) is 18.1 Å². The van der Waals surface area contributed by atoms with Gasteiger partial charge >= 0.3 is 0 Å². The van der Waals surface area contributed by atoms with Gasteiger partial charge in [0.2, 0.25) is 16.0 Å². The van der Waals surface area contributed by atoms with Gasteiger partial charge in [-0.05, 0) is 18.4 Å². The van der Waals surface area contributed by atoms with E-state index in [0.717, 1.165) is 30.0 Å². The number of thiazole rings is 1. The Hall–Kier alpha value is -4.09. The van der Waals surface area contributed by atoms with Crippen LogP contribution in [0.3, 0.4) is 0 Å². The van der Waals surface area contributed by atoms with Crippen LogP contribution in [0.5, 0.6) is 5.75 Å². The molecule has 0 spiro atoms. The topological polar surface area (TPSA) is 135 Å². The molecule has 36 heavy (non-hydrogen) atoms. The number of benzene rings is 1. The van der Waals surface area contributed by atoms with Gasteiger partial charge in [0, 0.05) is 24.1 Å². The minimum atomic E-state index is -3.66. The lowest BCUT2D eigenvalue weighted by molar-refractivity contribution is -0.118. The highest BCUT2D eigenvalue weighted by molar-refractivity contribution is 7.92. The van der Waals surface area contributed by atoms with Crippen LogP contribution >= 0.6 is 11.3 Å². The predicted octanol–water partition coefficient (Wildman–Crippen LogP) is 1.89. The smallest absolute Gasteiger partial charge is 0.278 e. The second-order valence-electron chi connectivity index (χ2n) is 7.65. The SMILES string of the molecule is C#Cc1nc(C(=O)N(c2cc(NS(C)(=O)=O)cc(OC)c2)C2CCN(c3ncc(F)cn3)C2=O)cs1. The molecule has 2 aromatic heterocycles. The Kier molecular flexibility index (Phi) is 6.86. The molecule has 3 heterocycles. The minimum absolute atomic E-state index is 0.00958. The standard InChI is InChI=1S/C22H19FN6O5S2/c1-4-19-26-17(12-35-19)20(30)29(15-7-14(27-36(3,32)33)8-16(9-15)34-2)18-5-6-28(21(18)31)22-24-10-13(23)11-25-22/h1,7-12,18,27H,5-6H2,2-3H3. The summed E-state index contributed by atoms with van der Waals surface area (Å²) in [5.41, 5.74) is 0.315. The van der Waals surface area contributed by atoms with E-state index >= 15 is 0 Å². The lowest BCUT2D eigenvalue weighted by Crippen LogP contribution is -2.46. The zero-order valence-electron chi connectivity index (χ0n) is 19.0. The van der Waals surface area contributed by atoms with Gasteiger partial charge in [0.1, 0.15) is 17.5 Å². The van der Waals surface area contributed by atoms with Gasteiger partial charge in [0.05, 0.1) is 37.1 Å². The number of carbonyl (C=O) groups excluding carboxylic acids is 2. The Morgan fingerprint density at radius 3 is 2.67 bits per heavy atom. The summed E-state index contributed by atoms with van der Waals surface area (Å²) in [6.45, 7) is 0.157. The summed E-state index contributed by atoms with van der Waals surface area (Å²) in [7, 11) is -2.28. The molecule has 4 rings (SSSR count). The summed E-state index contributed by atoms with van der Waals surface area (Å²) < 4.78 is 44.6. The average Bonchev–Trinajstić information content (AvgIpc) is 3.46. The van der Waals surface area contributed by atoms with Crippen LogP contribution in [-0.4, -0.2) is 61.1 Å². The average molecular weight is 531 g/mol. The van der Waals surface area contributed by atoms with Crippen molar-refractivity contribution in [3.63, 3.8) is 0 Å². The number of terminal acetylenes is 1. The van der Waals surface area contributed by atoms with Crippen molar-refractivity contribution >= 4 is 50.5 Å². The molecule has 3 aromatic rings. The molecule has 1 N–H and O–H groups in total. The van der Waals surface area contributed by atoms with E-state index in [0.29, 0.717) is 0 Å². The molecule has 0 bridgehead atoms. The molecule has 186 valence electrons. The lowest BCUT2D eigenvalue weighted by atomic mass is 10.1. The van der Waals surface area contributed by atoms with Crippen LogP contribution in [0.15, 0.2) is 36.0 Å². The van der Waals surface area contributed by atoms with E-state index in [1.54, 1.807) is 0 Å². The highest BCUT2D eigenvalue weighted by Gasteiger charge is 2.41. The molecular formula is C22H19FN6O5S2. The van der Waals surface area contributed by atoms with Crippen molar-refractivity contribution < 1.29 is 27.1 Å². The number of carbonyl (C=O) groups is 2. The van der Waals surface area contributed by atoms with Gasteiger partial charge in [0.25, 0.3) is 11.8 Å². The fourth-order valence-electron chi connectivity index (χ4n) is 3.66. The van der Waals surface area contributed by atoms with E-state index in [-0.39, 0.29) is 46.7 Å². The number of ether oxygens (including phenoxy) is 1. The molecule has 1 fully saturated rings. The summed E-state index contributed by atoms with van der Waals surface area (Å²) in [6, 6.07) is 3.30. The molecule has 1 atom stereocenters. The number of methoxy groups -OCH3 is 1. The largest absolute Gasteiger partial charge is 0.497 e. The molecular weight excluding hydrogens is 511 g/mol. The third kappa shape index (κ3) is 5.26. The van der Waals surface area contributed by atoms with Crippen LogP contribution in [0.1, 0.15) is 21.9 Å². The number of hydrogen-bond donors (Lipinski definition) is 1. The van der Waals surface area contributed by atoms with Crippen LogP contribution < -0.4 is 19.3 Å². The summed E-state index contributed by atoms with van der Waals surface area (Å²) in [6.07, 6.45) is 8.43. The van der Waals surface area contributed by atoms with Gasteiger partial charge in [-0.3, -0.25) is 24.1 Å². The van der Waals surface area contributed by atoms with Gasteiger partial charge in [0.15, 0.2) is 10.8 Å². The summed E-state index contributed by atoms with van der Waals surface area (Å²) in [5.74, 6) is 0.790. The van der Waals surface area contributed by atoms with Crippen molar-refractivity contribution in [2.24, 2.45) is 0 Å². The molecule has 0 radical (unpaired) electrons. The zero-order chi connectivity index (χ0) is 26.0. The Morgan fingerprint density at radius 2 is 2.06 bits per heavy atom. The van der Waals surface area contributed by atoms with E-state index in [1.165, 1.54) is 40.5 Å². The highest BCUT2D eigenvalue weighted by atomic mass is 32.2. The lowest BCUT2D eigenvalue weighted by Gasteiger charge is -2.28.